The monoisotopic (exact) mass is 502 g/mol. The minimum absolute atomic E-state index is 0.232. The summed E-state index contributed by atoms with van der Waals surface area (Å²) in [7, 11) is 1.61. The first-order chi connectivity index (χ1) is 17.8. The van der Waals surface area contributed by atoms with Crippen LogP contribution in [0.15, 0.2) is 64.4 Å². The van der Waals surface area contributed by atoms with Crippen molar-refractivity contribution in [3.63, 3.8) is 0 Å². The Morgan fingerprint density at radius 2 is 1.73 bits per heavy atom. The van der Waals surface area contributed by atoms with Crippen LogP contribution in [0.3, 0.4) is 0 Å². The van der Waals surface area contributed by atoms with Gasteiger partial charge in [0.1, 0.15) is 11.3 Å². The van der Waals surface area contributed by atoms with Gasteiger partial charge in [-0.3, -0.25) is 14.2 Å². The third-order valence-corrected chi connectivity index (χ3v) is 7.05. The van der Waals surface area contributed by atoms with Crippen molar-refractivity contribution in [2.45, 2.75) is 45.2 Å². The molecule has 1 saturated heterocycles. The number of amides is 1. The van der Waals surface area contributed by atoms with Gasteiger partial charge in [-0.25, -0.2) is 9.36 Å². The molecule has 0 bridgehead atoms. The van der Waals surface area contributed by atoms with E-state index in [1.54, 1.807) is 61.0 Å². The molecule has 192 valence electrons. The molecule has 3 heterocycles. The number of carbonyl (C=O) groups is 1. The summed E-state index contributed by atoms with van der Waals surface area (Å²) in [6.07, 6.45) is 5.43. The van der Waals surface area contributed by atoms with Crippen LogP contribution in [-0.4, -0.2) is 55.1 Å². The van der Waals surface area contributed by atoms with Crippen LogP contribution < -0.4 is 16.0 Å². The SMILES string of the molecule is COc1ccccc1CCn1c(=O)n(C(C)(C)C(=O)N2CCCC2)c(=O)c2cc(-n3nccn3)ccc21. The molecule has 4 aromatic rings. The zero-order chi connectivity index (χ0) is 26.2. The first-order valence-corrected chi connectivity index (χ1v) is 12.4. The predicted octanol–water partition coefficient (Wildman–Crippen LogP) is 2.35. The van der Waals surface area contributed by atoms with Gasteiger partial charge in [-0.1, -0.05) is 18.2 Å². The number of aromatic nitrogens is 5. The molecule has 0 N–H and O–H groups in total. The quantitative estimate of drug-likeness (QED) is 0.384. The van der Waals surface area contributed by atoms with Crippen LogP contribution in [0.1, 0.15) is 32.3 Å². The number of rotatable bonds is 7. The summed E-state index contributed by atoms with van der Waals surface area (Å²) in [4.78, 5) is 44.5. The van der Waals surface area contributed by atoms with E-state index in [0.717, 1.165) is 28.7 Å². The van der Waals surface area contributed by atoms with E-state index >= 15 is 0 Å². The Labute approximate surface area is 213 Å². The van der Waals surface area contributed by atoms with E-state index in [-0.39, 0.29) is 5.91 Å². The van der Waals surface area contributed by atoms with Gasteiger partial charge in [-0.15, -0.1) is 0 Å². The van der Waals surface area contributed by atoms with Gasteiger partial charge >= 0.3 is 5.69 Å². The first kappa shape index (κ1) is 24.5. The van der Waals surface area contributed by atoms with Crippen LogP contribution in [0, 0.1) is 0 Å². The maximum atomic E-state index is 14.0. The summed E-state index contributed by atoms with van der Waals surface area (Å²) in [5, 5.41) is 8.64. The number of likely N-dealkylation sites (tertiary alicyclic amines) is 1. The number of methoxy groups -OCH3 is 1. The lowest BCUT2D eigenvalue weighted by Crippen LogP contribution is -2.56. The van der Waals surface area contributed by atoms with Gasteiger partial charge < -0.3 is 9.64 Å². The molecule has 0 atom stereocenters. The molecule has 0 aliphatic carbocycles. The minimum Gasteiger partial charge on any atom is -0.496 e. The number of nitrogens with zero attached hydrogens (tertiary/aromatic N) is 6. The van der Waals surface area contributed by atoms with Crippen molar-refractivity contribution < 1.29 is 9.53 Å². The molecule has 10 heteroatoms. The molecule has 1 aliphatic rings. The van der Waals surface area contributed by atoms with Crippen molar-refractivity contribution in [2.24, 2.45) is 0 Å². The number of para-hydroxylation sites is 1. The zero-order valence-electron chi connectivity index (χ0n) is 21.3. The highest BCUT2D eigenvalue weighted by molar-refractivity contribution is 5.85. The number of hydrogen-bond acceptors (Lipinski definition) is 6. The number of aryl methyl sites for hydroxylation is 2. The average Bonchev–Trinajstić information content (AvgIpc) is 3.63. The Kier molecular flexibility index (Phi) is 6.41. The fourth-order valence-electron chi connectivity index (χ4n) is 5.09. The average molecular weight is 503 g/mol. The van der Waals surface area contributed by atoms with Crippen molar-refractivity contribution in [3.05, 3.63) is 81.3 Å². The highest BCUT2D eigenvalue weighted by Gasteiger charge is 2.38. The predicted molar refractivity (Wildman–Crippen MR) is 139 cm³/mol. The largest absolute Gasteiger partial charge is 0.496 e. The number of fused-ring (bicyclic) bond motifs is 1. The summed E-state index contributed by atoms with van der Waals surface area (Å²) in [5.41, 5.74) is -0.387. The topological polar surface area (TPSA) is 104 Å². The standard InChI is InChI=1S/C27H30N6O4/c1-27(2,25(35)30-15-6-7-16-30)32-24(34)21-18-20(33-28-13-14-29-33)10-11-22(21)31(26(32)36)17-12-19-8-4-5-9-23(19)37-3/h4-5,8-11,13-14,18H,6-7,12,15-17H2,1-3H3. The Morgan fingerprint density at radius 1 is 1.03 bits per heavy atom. The lowest BCUT2D eigenvalue weighted by Gasteiger charge is -2.31. The summed E-state index contributed by atoms with van der Waals surface area (Å²) >= 11 is 0. The third-order valence-electron chi connectivity index (χ3n) is 7.05. The van der Waals surface area contributed by atoms with Gasteiger partial charge in [-0.05, 0) is 62.9 Å². The first-order valence-electron chi connectivity index (χ1n) is 12.4. The molecule has 1 amide bonds. The molecule has 0 spiro atoms. The van der Waals surface area contributed by atoms with Gasteiger partial charge in [0.05, 0.1) is 36.1 Å². The summed E-state index contributed by atoms with van der Waals surface area (Å²) in [6, 6.07) is 12.8. The van der Waals surface area contributed by atoms with E-state index in [4.69, 9.17) is 4.74 Å². The fraction of sp³-hybridized carbons (Fsp3) is 0.370. The highest BCUT2D eigenvalue weighted by Crippen LogP contribution is 2.23. The molecule has 1 aliphatic heterocycles. The van der Waals surface area contributed by atoms with Crippen LogP contribution in [0.4, 0.5) is 0 Å². The Bertz CT molecular complexity index is 1560. The second kappa shape index (κ2) is 9.68. The third kappa shape index (κ3) is 4.32. The maximum absolute atomic E-state index is 14.0. The molecular formula is C27H30N6O4. The number of ether oxygens (including phenoxy) is 1. The number of carbonyl (C=O) groups excluding carboxylic acids is 1. The van der Waals surface area contributed by atoms with Crippen molar-refractivity contribution in [1.82, 2.24) is 29.0 Å². The summed E-state index contributed by atoms with van der Waals surface area (Å²) < 4.78 is 8.17. The van der Waals surface area contributed by atoms with Crippen LogP contribution in [0.5, 0.6) is 5.75 Å². The Morgan fingerprint density at radius 3 is 2.43 bits per heavy atom. The molecule has 2 aromatic heterocycles. The van der Waals surface area contributed by atoms with E-state index in [0.29, 0.717) is 42.6 Å². The Balaban J connectivity index is 1.69. The molecule has 0 radical (unpaired) electrons. The van der Waals surface area contributed by atoms with Gasteiger partial charge in [0.25, 0.3) is 5.56 Å². The number of benzene rings is 2. The van der Waals surface area contributed by atoms with Crippen LogP contribution in [0.25, 0.3) is 16.6 Å². The van der Waals surface area contributed by atoms with Crippen molar-refractivity contribution >= 4 is 16.8 Å². The van der Waals surface area contributed by atoms with Crippen LogP contribution in [-0.2, 0) is 23.3 Å². The second-order valence-corrected chi connectivity index (χ2v) is 9.71. The molecular weight excluding hydrogens is 472 g/mol. The molecule has 5 rings (SSSR count). The normalized spacial score (nSPS) is 13.9. The second-order valence-electron chi connectivity index (χ2n) is 9.71. The van der Waals surface area contributed by atoms with E-state index in [9.17, 15) is 14.4 Å². The Hall–Kier alpha value is -4.21. The van der Waals surface area contributed by atoms with Gasteiger partial charge in [0, 0.05) is 19.6 Å². The zero-order valence-corrected chi connectivity index (χ0v) is 21.3. The molecule has 2 aromatic carbocycles. The molecule has 10 nitrogen and oxygen atoms in total. The van der Waals surface area contributed by atoms with E-state index < -0.39 is 16.8 Å². The van der Waals surface area contributed by atoms with Gasteiger partial charge in [-0.2, -0.15) is 15.0 Å². The van der Waals surface area contributed by atoms with Crippen LogP contribution >= 0.6 is 0 Å². The highest BCUT2D eigenvalue weighted by atomic mass is 16.5. The smallest absolute Gasteiger partial charge is 0.332 e. The van der Waals surface area contributed by atoms with Crippen molar-refractivity contribution in [3.8, 4) is 11.4 Å². The molecule has 0 saturated carbocycles. The van der Waals surface area contributed by atoms with Crippen molar-refractivity contribution in [1.29, 1.82) is 0 Å². The lowest BCUT2D eigenvalue weighted by atomic mass is 10.0. The summed E-state index contributed by atoms with van der Waals surface area (Å²) in [5.74, 6) is 0.495. The lowest BCUT2D eigenvalue weighted by molar-refractivity contribution is -0.138. The minimum atomic E-state index is -1.36. The molecule has 0 unspecified atom stereocenters. The van der Waals surface area contributed by atoms with Gasteiger partial charge in [0.15, 0.2) is 0 Å². The molecule has 1 fully saturated rings. The van der Waals surface area contributed by atoms with Gasteiger partial charge in [0.2, 0.25) is 5.91 Å². The maximum Gasteiger partial charge on any atom is 0.332 e. The van der Waals surface area contributed by atoms with E-state index in [1.807, 2.05) is 24.3 Å². The van der Waals surface area contributed by atoms with Crippen molar-refractivity contribution in [2.75, 3.05) is 20.2 Å². The van der Waals surface area contributed by atoms with Crippen LogP contribution in [0.2, 0.25) is 0 Å². The number of hydrogen-bond donors (Lipinski definition) is 0. The van der Waals surface area contributed by atoms with E-state index in [2.05, 4.69) is 10.2 Å². The molecule has 37 heavy (non-hydrogen) atoms. The fourth-order valence-corrected chi connectivity index (χ4v) is 5.09. The van der Waals surface area contributed by atoms with E-state index in [1.165, 1.54) is 4.80 Å². The summed E-state index contributed by atoms with van der Waals surface area (Å²) in [6.45, 7) is 4.84.